The van der Waals surface area contributed by atoms with Crippen molar-refractivity contribution in [2.75, 3.05) is 13.7 Å². The number of Topliss-reactive ketones (excluding diaryl/α,β-unsaturated/α-hetero) is 1. The largest absolute Gasteiger partial charge is 0.508 e. The Morgan fingerprint density at radius 1 is 1.08 bits per heavy atom. The molecule has 2 aromatic rings. The second kappa shape index (κ2) is 6.97. The van der Waals surface area contributed by atoms with Crippen molar-refractivity contribution >= 4 is 5.78 Å². The standard InChI is InChI=1S/C9H8O5.C7H8O3/c10-4-1-5(11)8-7(2-4)14-3-6(12)9(8)13;1-10-7-5(8)3-2-4-6(7)9/h1-2,6,10-12H,3H2;2-4,8-9H,1H3/t6-;/m1./s1. The molecular formula is C16H16O8. The van der Waals surface area contributed by atoms with Crippen LogP contribution >= 0.6 is 0 Å². The smallest absolute Gasteiger partial charge is 0.202 e. The van der Waals surface area contributed by atoms with Crippen LogP contribution in [0.15, 0.2) is 30.3 Å². The van der Waals surface area contributed by atoms with Gasteiger partial charge >= 0.3 is 0 Å². The molecule has 0 spiro atoms. The van der Waals surface area contributed by atoms with Gasteiger partial charge in [0.1, 0.15) is 29.4 Å². The number of aliphatic hydroxyl groups excluding tert-OH is 1. The van der Waals surface area contributed by atoms with Crippen molar-refractivity contribution in [3.05, 3.63) is 35.9 Å². The molecule has 0 bridgehead atoms. The number of ether oxygens (including phenoxy) is 2. The summed E-state index contributed by atoms with van der Waals surface area (Å²) in [6, 6.07) is 6.67. The number of para-hydroxylation sites is 1. The number of carbonyl (C=O) groups is 1. The summed E-state index contributed by atoms with van der Waals surface area (Å²) in [6.45, 7) is -0.158. The summed E-state index contributed by atoms with van der Waals surface area (Å²) in [5, 5.41) is 45.6. The van der Waals surface area contributed by atoms with Crippen molar-refractivity contribution in [1.29, 1.82) is 0 Å². The monoisotopic (exact) mass is 336 g/mol. The molecule has 2 aromatic carbocycles. The van der Waals surface area contributed by atoms with E-state index in [1.165, 1.54) is 31.4 Å². The average Bonchev–Trinajstić information content (AvgIpc) is 2.51. The van der Waals surface area contributed by atoms with E-state index >= 15 is 0 Å². The molecule has 128 valence electrons. The molecule has 1 aliphatic heterocycles. The summed E-state index contributed by atoms with van der Waals surface area (Å²) >= 11 is 0. The number of fused-ring (bicyclic) bond motifs is 1. The number of ketones is 1. The van der Waals surface area contributed by atoms with Crippen molar-refractivity contribution in [3.63, 3.8) is 0 Å². The molecule has 0 fully saturated rings. The minimum absolute atomic E-state index is 0.0532. The maximum absolute atomic E-state index is 11.4. The molecule has 0 aromatic heterocycles. The van der Waals surface area contributed by atoms with E-state index in [-0.39, 0.29) is 46.7 Å². The number of carbonyl (C=O) groups excluding carboxylic acids is 1. The summed E-state index contributed by atoms with van der Waals surface area (Å²) in [6.07, 6.45) is -1.25. The third-order valence-electron chi connectivity index (χ3n) is 3.19. The highest BCUT2D eigenvalue weighted by atomic mass is 16.5. The third-order valence-corrected chi connectivity index (χ3v) is 3.19. The Hall–Kier alpha value is -3.13. The maximum atomic E-state index is 11.4. The van der Waals surface area contributed by atoms with Gasteiger partial charge in [-0.3, -0.25) is 4.79 Å². The quantitative estimate of drug-likeness (QED) is 0.523. The van der Waals surface area contributed by atoms with Gasteiger partial charge in [-0.15, -0.1) is 0 Å². The van der Waals surface area contributed by atoms with Gasteiger partial charge in [-0.1, -0.05) is 6.07 Å². The minimum atomic E-state index is -1.25. The first-order valence-corrected chi connectivity index (χ1v) is 6.81. The predicted molar refractivity (Wildman–Crippen MR) is 81.9 cm³/mol. The van der Waals surface area contributed by atoms with E-state index in [9.17, 15) is 15.0 Å². The number of benzene rings is 2. The van der Waals surface area contributed by atoms with Crippen LogP contribution in [-0.4, -0.2) is 51.1 Å². The number of rotatable bonds is 1. The Kier molecular flexibility index (Phi) is 5.00. The number of methoxy groups -OCH3 is 1. The molecule has 1 atom stereocenters. The van der Waals surface area contributed by atoms with Crippen molar-refractivity contribution in [1.82, 2.24) is 0 Å². The average molecular weight is 336 g/mol. The van der Waals surface area contributed by atoms with E-state index in [1.54, 1.807) is 0 Å². The summed E-state index contributed by atoms with van der Waals surface area (Å²) in [5.41, 5.74) is -0.0819. The fraction of sp³-hybridized carbons (Fsp3) is 0.188. The van der Waals surface area contributed by atoms with Crippen LogP contribution in [0.3, 0.4) is 0 Å². The van der Waals surface area contributed by atoms with Gasteiger partial charge < -0.3 is 35.0 Å². The molecule has 0 amide bonds. The third kappa shape index (κ3) is 3.44. The van der Waals surface area contributed by atoms with Crippen LogP contribution in [0, 0.1) is 0 Å². The fourth-order valence-electron chi connectivity index (χ4n) is 2.08. The van der Waals surface area contributed by atoms with Crippen LogP contribution in [-0.2, 0) is 0 Å². The van der Waals surface area contributed by atoms with Crippen LogP contribution in [0.2, 0.25) is 0 Å². The molecule has 3 rings (SSSR count). The van der Waals surface area contributed by atoms with Gasteiger partial charge in [0.15, 0.2) is 17.6 Å². The normalized spacial score (nSPS) is 15.6. The van der Waals surface area contributed by atoms with E-state index in [0.29, 0.717) is 0 Å². The molecule has 8 heteroatoms. The lowest BCUT2D eigenvalue weighted by Crippen LogP contribution is -2.32. The Bertz CT molecular complexity index is 736. The van der Waals surface area contributed by atoms with Crippen molar-refractivity contribution in [3.8, 4) is 34.5 Å². The van der Waals surface area contributed by atoms with Crippen LogP contribution in [0.1, 0.15) is 10.4 Å². The SMILES string of the molecule is COc1c(O)cccc1O.O=C1c2c(O)cc(O)cc2OC[C@H]1O. The highest BCUT2D eigenvalue weighted by Crippen LogP contribution is 2.36. The van der Waals surface area contributed by atoms with Crippen molar-refractivity contribution in [2.24, 2.45) is 0 Å². The van der Waals surface area contributed by atoms with Gasteiger partial charge in [-0.25, -0.2) is 0 Å². The van der Waals surface area contributed by atoms with Crippen molar-refractivity contribution in [2.45, 2.75) is 6.10 Å². The molecule has 0 aliphatic carbocycles. The lowest BCUT2D eigenvalue weighted by atomic mass is 10.0. The molecule has 1 heterocycles. The number of aromatic hydroxyl groups is 4. The number of phenols is 4. The van der Waals surface area contributed by atoms with Crippen LogP contribution in [0.4, 0.5) is 0 Å². The molecular weight excluding hydrogens is 320 g/mol. The lowest BCUT2D eigenvalue weighted by molar-refractivity contribution is 0.0552. The van der Waals surface area contributed by atoms with Gasteiger partial charge in [-0.05, 0) is 12.1 Å². The summed E-state index contributed by atoms with van der Waals surface area (Å²) in [4.78, 5) is 11.4. The predicted octanol–water partition coefficient (Wildman–Crippen LogP) is 1.14. The first-order valence-electron chi connectivity index (χ1n) is 6.81. The van der Waals surface area contributed by atoms with Gasteiger partial charge in [0.2, 0.25) is 11.5 Å². The lowest BCUT2D eigenvalue weighted by Gasteiger charge is -2.21. The highest BCUT2D eigenvalue weighted by Gasteiger charge is 2.30. The van der Waals surface area contributed by atoms with E-state index in [4.69, 9.17) is 20.1 Å². The molecule has 24 heavy (non-hydrogen) atoms. The fourth-order valence-corrected chi connectivity index (χ4v) is 2.08. The summed E-state index contributed by atoms with van der Waals surface area (Å²) in [7, 11) is 1.38. The van der Waals surface area contributed by atoms with E-state index in [1.807, 2.05) is 0 Å². The molecule has 8 nitrogen and oxygen atoms in total. The summed E-state index contributed by atoms with van der Waals surface area (Å²) in [5.74, 6) is -1.07. The molecule has 0 unspecified atom stereocenters. The van der Waals surface area contributed by atoms with E-state index < -0.39 is 11.9 Å². The van der Waals surface area contributed by atoms with E-state index in [2.05, 4.69) is 4.74 Å². The summed E-state index contributed by atoms with van der Waals surface area (Å²) < 4.78 is 9.65. The molecule has 0 radical (unpaired) electrons. The first kappa shape index (κ1) is 17.2. The molecule has 0 saturated carbocycles. The second-order valence-electron chi connectivity index (χ2n) is 4.86. The number of phenolic OH excluding ortho intramolecular Hbond substituents is 4. The number of hydrogen-bond acceptors (Lipinski definition) is 8. The van der Waals surface area contributed by atoms with E-state index in [0.717, 1.165) is 6.07 Å². The van der Waals surface area contributed by atoms with Crippen LogP contribution in [0.5, 0.6) is 34.5 Å². The van der Waals surface area contributed by atoms with Gasteiger partial charge in [0.25, 0.3) is 0 Å². The van der Waals surface area contributed by atoms with Gasteiger partial charge in [-0.2, -0.15) is 0 Å². The van der Waals surface area contributed by atoms with Crippen molar-refractivity contribution < 1.29 is 39.8 Å². The molecule has 0 saturated heterocycles. The minimum Gasteiger partial charge on any atom is -0.508 e. The zero-order valence-electron chi connectivity index (χ0n) is 12.6. The topological polar surface area (TPSA) is 137 Å². The maximum Gasteiger partial charge on any atom is 0.202 e. The Morgan fingerprint density at radius 3 is 2.25 bits per heavy atom. The van der Waals surface area contributed by atoms with Gasteiger partial charge in [0, 0.05) is 12.1 Å². The Balaban J connectivity index is 0.000000185. The number of hydrogen-bond donors (Lipinski definition) is 5. The Labute approximate surface area is 136 Å². The molecule has 1 aliphatic rings. The van der Waals surface area contributed by atoms with Gasteiger partial charge in [0.05, 0.1) is 7.11 Å². The highest BCUT2D eigenvalue weighted by molar-refractivity contribution is 6.05. The first-order chi connectivity index (χ1) is 11.3. The Morgan fingerprint density at radius 2 is 1.71 bits per heavy atom. The number of aliphatic hydroxyl groups is 1. The van der Waals surface area contributed by atoms with Crippen LogP contribution < -0.4 is 9.47 Å². The van der Waals surface area contributed by atoms with Crippen LogP contribution in [0.25, 0.3) is 0 Å². The molecule has 5 N–H and O–H groups in total. The zero-order valence-corrected chi connectivity index (χ0v) is 12.6. The zero-order chi connectivity index (χ0) is 17.9. The second-order valence-corrected chi connectivity index (χ2v) is 4.86.